The van der Waals surface area contributed by atoms with Gasteiger partial charge < -0.3 is 10.7 Å². The summed E-state index contributed by atoms with van der Waals surface area (Å²) < 4.78 is 1.62. The minimum atomic E-state index is -0.169. The highest BCUT2D eigenvalue weighted by molar-refractivity contribution is 7.98. The largest absolute Gasteiger partial charge is 0.383 e. The second kappa shape index (κ2) is 5.84. The number of aryl methyl sites for hydroxylation is 1. The summed E-state index contributed by atoms with van der Waals surface area (Å²) in [4.78, 5) is 19.6. The number of aromatic amines is 1. The minimum Gasteiger partial charge on any atom is -0.383 e. The number of nitrogens with zero attached hydrogens (tertiary/aromatic N) is 3. The van der Waals surface area contributed by atoms with Crippen molar-refractivity contribution in [2.24, 2.45) is 7.05 Å². The number of rotatable bonds is 4. The van der Waals surface area contributed by atoms with Gasteiger partial charge in [-0.3, -0.25) is 9.48 Å². The second-order valence-electron chi connectivity index (χ2n) is 4.90. The third-order valence-corrected chi connectivity index (χ3v) is 4.34. The predicted molar refractivity (Wildman–Crippen MR) is 90.8 cm³/mol. The maximum Gasteiger partial charge on any atom is 0.259 e. The number of anilines is 1. The summed E-state index contributed by atoms with van der Waals surface area (Å²) in [7, 11) is 1.79. The zero-order chi connectivity index (χ0) is 15.7. The number of nitrogen functional groups attached to an aromatic ring is 1. The number of nitrogens with one attached hydrogen (secondary N) is 1. The van der Waals surface area contributed by atoms with Gasteiger partial charge in [-0.2, -0.15) is 16.9 Å². The molecular weight excluding hydrogens is 298 g/mol. The topological polar surface area (TPSA) is 89.6 Å². The maximum absolute atomic E-state index is 12.2. The molecule has 7 heteroatoms. The van der Waals surface area contributed by atoms with Crippen LogP contribution in [0.5, 0.6) is 0 Å². The Kier molecular flexibility index (Phi) is 3.89. The summed E-state index contributed by atoms with van der Waals surface area (Å²) in [5.41, 5.74) is 8.17. The van der Waals surface area contributed by atoms with Gasteiger partial charge in [-0.05, 0) is 17.9 Å². The van der Waals surface area contributed by atoms with E-state index in [1.807, 2.05) is 18.2 Å². The van der Waals surface area contributed by atoms with E-state index in [9.17, 15) is 4.79 Å². The first-order valence-corrected chi connectivity index (χ1v) is 8.15. The summed E-state index contributed by atoms with van der Waals surface area (Å²) in [5, 5.41) is 5.01. The van der Waals surface area contributed by atoms with Gasteiger partial charge in [-0.15, -0.1) is 0 Å². The van der Waals surface area contributed by atoms with Crippen LogP contribution in [0.4, 0.5) is 5.82 Å². The molecular formula is C15H17N5OS. The fourth-order valence-electron chi connectivity index (χ4n) is 2.36. The molecule has 0 aliphatic rings. The first kappa shape index (κ1) is 14.6. The van der Waals surface area contributed by atoms with Crippen molar-refractivity contribution in [3.8, 4) is 11.4 Å². The Labute approximate surface area is 131 Å². The number of hydrogen-bond donors (Lipinski definition) is 2. The Balaban J connectivity index is 2.21. The Morgan fingerprint density at radius 3 is 2.91 bits per heavy atom. The summed E-state index contributed by atoms with van der Waals surface area (Å²) in [6.45, 7) is 2.09. The van der Waals surface area contributed by atoms with Crippen LogP contribution < -0.4 is 11.3 Å². The Bertz CT molecular complexity index is 883. The lowest BCUT2D eigenvalue weighted by Gasteiger charge is -2.05. The van der Waals surface area contributed by atoms with Gasteiger partial charge >= 0.3 is 0 Å². The second-order valence-corrected chi connectivity index (χ2v) is 6.17. The molecule has 0 radical (unpaired) electrons. The molecule has 0 bridgehead atoms. The number of para-hydroxylation sites is 1. The average molecular weight is 315 g/mol. The van der Waals surface area contributed by atoms with E-state index in [4.69, 9.17) is 5.73 Å². The fraction of sp³-hybridized carbons (Fsp3) is 0.267. The van der Waals surface area contributed by atoms with Crippen LogP contribution in [0.15, 0.2) is 29.1 Å². The Morgan fingerprint density at radius 1 is 1.36 bits per heavy atom. The van der Waals surface area contributed by atoms with Crippen molar-refractivity contribution in [1.82, 2.24) is 19.7 Å². The number of nitrogens with two attached hydrogens (primary N) is 1. The number of benzene rings is 1. The summed E-state index contributed by atoms with van der Waals surface area (Å²) in [5.74, 6) is 2.69. The number of hydrogen-bond acceptors (Lipinski definition) is 5. The van der Waals surface area contributed by atoms with Crippen LogP contribution in [0.1, 0.15) is 12.6 Å². The third-order valence-electron chi connectivity index (χ3n) is 3.46. The lowest BCUT2D eigenvalue weighted by atomic mass is 10.2. The van der Waals surface area contributed by atoms with Crippen molar-refractivity contribution in [3.63, 3.8) is 0 Å². The molecule has 0 saturated carbocycles. The van der Waals surface area contributed by atoms with Gasteiger partial charge in [0.25, 0.3) is 5.56 Å². The summed E-state index contributed by atoms with van der Waals surface area (Å²) in [6.07, 6.45) is 0. The smallest absolute Gasteiger partial charge is 0.259 e. The highest BCUT2D eigenvalue weighted by Crippen LogP contribution is 2.29. The molecule has 3 rings (SSSR count). The van der Waals surface area contributed by atoms with E-state index in [0.717, 1.165) is 17.2 Å². The number of fused-ring (bicyclic) bond motifs is 1. The molecule has 6 nitrogen and oxygen atoms in total. The van der Waals surface area contributed by atoms with Crippen molar-refractivity contribution in [1.29, 1.82) is 0 Å². The van der Waals surface area contributed by atoms with E-state index in [1.165, 1.54) is 0 Å². The average Bonchev–Trinajstić information content (AvgIpc) is 2.80. The van der Waals surface area contributed by atoms with Crippen LogP contribution in [-0.4, -0.2) is 25.5 Å². The Hall–Kier alpha value is -2.28. The zero-order valence-corrected chi connectivity index (χ0v) is 13.3. The molecule has 114 valence electrons. The predicted octanol–water partition coefficient (Wildman–Crippen LogP) is 2.16. The van der Waals surface area contributed by atoms with Crippen molar-refractivity contribution in [2.45, 2.75) is 12.7 Å². The first-order valence-electron chi connectivity index (χ1n) is 7.00. The van der Waals surface area contributed by atoms with Crippen molar-refractivity contribution in [3.05, 3.63) is 40.3 Å². The van der Waals surface area contributed by atoms with Crippen LogP contribution in [0, 0.1) is 0 Å². The van der Waals surface area contributed by atoms with E-state index in [0.29, 0.717) is 28.1 Å². The van der Waals surface area contributed by atoms with Gasteiger partial charge in [0.2, 0.25) is 0 Å². The van der Waals surface area contributed by atoms with Crippen LogP contribution in [0.3, 0.4) is 0 Å². The third kappa shape index (κ3) is 2.48. The van der Waals surface area contributed by atoms with E-state index in [2.05, 4.69) is 22.0 Å². The first-order chi connectivity index (χ1) is 10.6. The van der Waals surface area contributed by atoms with Gasteiger partial charge in [0.1, 0.15) is 11.6 Å². The van der Waals surface area contributed by atoms with Crippen LogP contribution in [0.25, 0.3) is 22.3 Å². The molecule has 0 fully saturated rings. The molecule has 3 aromatic rings. The molecule has 3 N–H and O–H groups in total. The van der Waals surface area contributed by atoms with Gasteiger partial charge in [0, 0.05) is 12.8 Å². The minimum absolute atomic E-state index is 0.169. The SMILES string of the molecule is CCSCc1nn(C)c(N)c1-c1nc2ccccc2c(=O)[nH]1. The molecule has 0 aliphatic carbocycles. The molecule has 0 spiro atoms. The highest BCUT2D eigenvalue weighted by atomic mass is 32.2. The van der Waals surface area contributed by atoms with E-state index < -0.39 is 0 Å². The van der Waals surface area contributed by atoms with Crippen molar-refractivity contribution < 1.29 is 0 Å². The van der Waals surface area contributed by atoms with Gasteiger partial charge in [-0.1, -0.05) is 19.1 Å². The van der Waals surface area contributed by atoms with E-state index in [1.54, 1.807) is 29.6 Å². The van der Waals surface area contributed by atoms with Gasteiger partial charge in [0.15, 0.2) is 0 Å². The van der Waals surface area contributed by atoms with Gasteiger partial charge in [0.05, 0.1) is 22.2 Å². The Morgan fingerprint density at radius 2 is 2.14 bits per heavy atom. The molecule has 1 aromatic carbocycles. The molecule has 0 aliphatic heterocycles. The van der Waals surface area contributed by atoms with Crippen molar-refractivity contribution in [2.75, 3.05) is 11.5 Å². The van der Waals surface area contributed by atoms with Crippen LogP contribution in [-0.2, 0) is 12.8 Å². The molecule has 0 unspecified atom stereocenters. The standard InChI is InChI=1S/C15H17N5OS/c1-3-22-8-11-12(13(16)20(2)19-11)14-17-10-7-5-4-6-9(10)15(21)18-14/h4-7H,3,8,16H2,1-2H3,(H,17,18,21). The molecule has 0 atom stereocenters. The monoisotopic (exact) mass is 315 g/mol. The zero-order valence-electron chi connectivity index (χ0n) is 12.5. The lowest BCUT2D eigenvalue weighted by molar-refractivity contribution is 0.765. The molecule has 22 heavy (non-hydrogen) atoms. The molecule has 0 saturated heterocycles. The fourth-order valence-corrected chi connectivity index (χ4v) is 2.96. The van der Waals surface area contributed by atoms with E-state index >= 15 is 0 Å². The number of H-pyrrole nitrogens is 1. The summed E-state index contributed by atoms with van der Waals surface area (Å²) >= 11 is 1.75. The normalized spacial score (nSPS) is 11.2. The van der Waals surface area contributed by atoms with Gasteiger partial charge in [-0.25, -0.2) is 4.98 Å². The molecule has 0 amide bonds. The van der Waals surface area contributed by atoms with Crippen molar-refractivity contribution >= 4 is 28.5 Å². The summed E-state index contributed by atoms with van der Waals surface area (Å²) in [6, 6.07) is 7.26. The molecule has 2 heterocycles. The quantitative estimate of drug-likeness (QED) is 0.770. The lowest BCUT2D eigenvalue weighted by Crippen LogP contribution is -2.10. The highest BCUT2D eigenvalue weighted by Gasteiger charge is 2.18. The molecule has 2 aromatic heterocycles. The van der Waals surface area contributed by atoms with Crippen LogP contribution in [0.2, 0.25) is 0 Å². The van der Waals surface area contributed by atoms with E-state index in [-0.39, 0.29) is 5.56 Å². The maximum atomic E-state index is 12.2. The number of aromatic nitrogens is 4. The number of thioether (sulfide) groups is 1. The van der Waals surface area contributed by atoms with Crippen LogP contribution >= 0.6 is 11.8 Å².